The van der Waals surface area contributed by atoms with Gasteiger partial charge < -0.3 is 5.73 Å². The highest BCUT2D eigenvalue weighted by molar-refractivity contribution is 6.30. The van der Waals surface area contributed by atoms with Crippen molar-refractivity contribution in [1.29, 1.82) is 0 Å². The lowest BCUT2D eigenvalue weighted by Gasteiger charge is -2.14. The average molecular weight is 282 g/mol. The minimum atomic E-state index is -0.156. The molecule has 0 aliphatic carbocycles. The Morgan fingerprint density at radius 2 is 1.60 bits per heavy atom. The molecular formula is C18H16ClN. The lowest BCUT2D eigenvalue weighted by Crippen LogP contribution is -2.12. The molecule has 100 valence electrons. The molecule has 0 saturated carbocycles. The van der Waals surface area contributed by atoms with E-state index < -0.39 is 0 Å². The highest BCUT2D eigenvalue weighted by atomic mass is 35.5. The van der Waals surface area contributed by atoms with Gasteiger partial charge in [0.15, 0.2) is 0 Å². The van der Waals surface area contributed by atoms with Gasteiger partial charge in [0.1, 0.15) is 0 Å². The number of fused-ring (bicyclic) bond motifs is 1. The largest absolute Gasteiger partial charge is 0.320 e. The second kappa shape index (κ2) is 5.28. The minimum absolute atomic E-state index is 0.156. The number of aryl methyl sites for hydroxylation is 1. The van der Waals surface area contributed by atoms with Gasteiger partial charge in [0, 0.05) is 5.02 Å². The molecule has 1 atom stereocenters. The van der Waals surface area contributed by atoms with Crippen molar-refractivity contribution in [3.63, 3.8) is 0 Å². The summed E-state index contributed by atoms with van der Waals surface area (Å²) in [6.07, 6.45) is 0. The smallest absolute Gasteiger partial charge is 0.0552 e. The third-order valence-corrected chi connectivity index (χ3v) is 3.77. The Balaban J connectivity index is 2.05. The van der Waals surface area contributed by atoms with E-state index in [-0.39, 0.29) is 6.04 Å². The summed E-state index contributed by atoms with van der Waals surface area (Å²) in [6, 6.07) is 20.5. The summed E-state index contributed by atoms with van der Waals surface area (Å²) in [5.74, 6) is 0. The van der Waals surface area contributed by atoms with Crippen LogP contribution in [0, 0.1) is 6.92 Å². The molecule has 0 bridgehead atoms. The maximum atomic E-state index is 6.39. The van der Waals surface area contributed by atoms with Crippen LogP contribution in [0.2, 0.25) is 5.02 Å². The predicted molar refractivity (Wildman–Crippen MR) is 86.2 cm³/mol. The lowest BCUT2D eigenvalue weighted by atomic mass is 9.96. The summed E-state index contributed by atoms with van der Waals surface area (Å²) in [5, 5.41) is 3.17. The van der Waals surface area contributed by atoms with Crippen LogP contribution in [0.5, 0.6) is 0 Å². The molecule has 3 aromatic carbocycles. The van der Waals surface area contributed by atoms with Crippen LogP contribution in [0.15, 0.2) is 60.7 Å². The third-order valence-electron chi connectivity index (χ3n) is 3.56. The lowest BCUT2D eigenvalue weighted by molar-refractivity contribution is 0.872. The zero-order valence-corrected chi connectivity index (χ0v) is 12.1. The van der Waals surface area contributed by atoms with E-state index in [1.54, 1.807) is 0 Å². The zero-order valence-electron chi connectivity index (χ0n) is 11.3. The second-order valence-electron chi connectivity index (χ2n) is 5.15. The number of rotatable bonds is 2. The van der Waals surface area contributed by atoms with E-state index in [4.69, 9.17) is 17.3 Å². The van der Waals surface area contributed by atoms with E-state index in [0.29, 0.717) is 0 Å². The van der Waals surface area contributed by atoms with Crippen LogP contribution in [0.1, 0.15) is 22.7 Å². The van der Waals surface area contributed by atoms with Gasteiger partial charge in [-0.3, -0.25) is 0 Å². The standard InChI is InChI=1S/C18H16ClN/c1-12-8-16(11-17(19)9-12)18(20)15-7-6-13-4-2-3-5-14(13)10-15/h2-11,18H,20H2,1H3. The average Bonchev–Trinajstić information content (AvgIpc) is 2.45. The quantitative estimate of drug-likeness (QED) is 0.714. The molecule has 0 fully saturated rings. The van der Waals surface area contributed by atoms with E-state index in [2.05, 4.69) is 36.4 Å². The van der Waals surface area contributed by atoms with Crippen LogP contribution < -0.4 is 5.73 Å². The van der Waals surface area contributed by atoms with Crippen molar-refractivity contribution in [2.75, 3.05) is 0 Å². The Morgan fingerprint density at radius 1 is 0.850 bits per heavy atom. The first-order valence-corrected chi connectivity index (χ1v) is 7.03. The summed E-state index contributed by atoms with van der Waals surface area (Å²) in [5.41, 5.74) is 9.66. The van der Waals surface area contributed by atoms with E-state index in [1.807, 2.05) is 31.2 Å². The molecule has 3 aromatic rings. The van der Waals surface area contributed by atoms with Crippen LogP contribution >= 0.6 is 11.6 Å². The Kier molecular flexibility index (Phi) is 3.47. The Morgan fingerprint density at radius 3 is 2.35 bits per heavy atom. The maximum absolute atomic E-state index is 6.39. The Hall–Kier alpha value is -1.83. The molecule has 2 N–H and O–H groups in total. The van der Waals surface area contributed by atoms with E-state index in [0.717, 1.165) is 21.7 Å². The van der Waals surface area contributed by atoms with Crippen molar-refractivity contribution < 1.29 is 0 Å². The zero-order chi connectivity index (χ0) is 14.1. The predicted octanol–water partition coefficient (Wildman–Crippen LogP) is 4.85. The fourth-order valence-electron chi connectivity index (χ4n) is 2.54. The first-order chi connectivity index (χ1) is 9.63. The number of nitrogens with two attached hydrogens (primary N) is 1. The molecule has 0 spiro atoms. The van der Waals surface area contributed by atoms with Gasteiger partial charge in [-0.25, -0.2) is 0 Å². The van der Waals surface area contributed by atoms with E-state index >= 15 is 0 Å². The molecule has 1 unspecified atom stereocenters. The molecule has 0 aliphatic rings. The minimum Gasteiger partial charge on any atom is -0.320 e. The number of hydrogen-bond acceptors (Lipinski definition) is 1. The van der Waals surface area contributed by atoms with Gasteiger partial charge in [-0.2, -0.15) is 0 Å². The fraction of sp³-hybridized carbons (Fsp3) is 0.111. The normalized spacial score (nSPS) is 12.6. The molecule has 0 aliphatic heterocycles. The molecule has 3 rings (SSSR count). The van der Waals surface area contributed by atoms with Crippen LogP contribution in [0.4, 0.5) is 0 Å². The maximum Gasteiger partial charge on any atom is 0.0552 e. The van der Waals surface area contributed by atoms with Gasteiger partial charge in [0.05, 0.1) is 6.04 Å². The molecule has 2 heteroatoms. The van der Waals surface area contributed by atoms with Gasteiger partial charge >= 0.3 is 0 Å². The number of halogens is 1. The summed E-state index contributed by atoms with van der Waals surface area (Å²) in [4.78, 5) is 0. The van der Waals surface area contributed by atoms with Crippen LogP contribution in [0.25, 0.3) is 10.8 Å². The summed E-state index contributed by atoms with van der Waals surface area (Å²) < 4.78 is 0. The SMILES string of the molecule is Cc1cc(Cl)cc(C(N)c2ccc3ccccc3c2)c1. The van der Waals surface area contributed by atoms with Crippen molar-refractivity contribution >= 4 is 22.4 Å². The van der Waals surface area contributed by atoms with Crippen molar-refractivity contribution in [3.05, 3.63) is 82.4 Å². The van der Waals surface area contributed by atoms with Crippen LogP contribution in [0.3, 0.4) is 0 Å². The molecule has 0 aromatic heterocycles. The van der Waals surface area contributed by atoms with Crippen LogP contribution in [-0.4, -0.2) is 0 Å². The Labute approximate surface area is 124 Å². The number of benzene rings is 3. The van der Waals surface area contributed by atoms with Crippen molar-refractivity contribution in [3.8, 4) is 0 Å². The summed E-state index contributed by atoms with van der Waals surface area (Å²) in [7, 11) is 0. The molecule has 0 heterocycles. The molecule has 1 nitrogen and oxygen atoms in total. The molecule has 0 saturated heterocycles. The molecular weight excluding hydrogens is 266 g/mol. The highest BCUT2D eigenvalue weighted by Crippen LogP contribution is 2.26. The van der Waals surface area contributed by atoms with Crippen molar-refractivity contribution in [1.82, 2.24) is 0 Å². The fourth-order valence-corrected chi connectivity index (χ4v) is 2.84. The highest BCUT2D eigenvalue weighted by Gasteiger charge is 2.10. The first kappa shape index (κ1) is 13.2. The first-order valence-electron chi connectivity index (χ1n) is 6.65. The second-order valence-corrected chi connectivity index (χ2v) is 5.58. The molecule has 20 heavy (non-hydrogen) atoms. The Bertz CT molecular complexity index is 744. The third kappa shape index (κ3) is 2.55. The molecule has 0 radical (unpaired) electrons. The van der Waals surface area contributed by atoms with Gasteiger partial charge in [0.25, 0.3) is 0 Å². The van der Waals surface area contributed by atoms with Crippen molar-refractivity contribution in [2.45, 2.75) is 13.0 Å². The van der Waals surface area contributed by atoms with Gasteiger partial charge in [-0.05, 0) is 52.6 Å². The number of hydrogen-bond donors (Lipinski definition) is 1. The summed E-state index contributed by atoms with van der Waals surface area (Å²) in [6.45, 7) is 2.03. The summed E-state index contributed by atoms with van der Waals surface area (Å²) >= 11 is 6.12. The molecule has 0 amide bonds. The van der Waals surface area contributed by atoms with Gasteiger partial charge in [-0.15, -0.1) is 0 Å². The monoisotopic (exact) mass is 281 g/mol. The van der Waals surface area contributed by atoms with Gasteiger partial charge in [0.2, 0.25) is 0 Å². The van der Waals surface area contributed by atoms with Crippen LogP contribution in [-0.2, 0) is 0 Å². The van der Waals surface area contributed by atoms with Gasteiger partial charge in [-0.1, -0.05) is 54.1 Å². The van der Waals surface area contributed by atoms with E-state index in [1.165, 1.54) is 10.8 Å². The van der Waals surface area contributed by atoms with Crippen molar-refractivity contribution in [2.24, 2.45) is 5.73 Å². The topological polar surface area (TPSA) is 26.0 Å². The van der Waals surface area contributed by atoms with E-state index in [9.17, 15) is 0 Å².